The molecule has 2 N–H and O–H groups in total. The van der Waals surface area contributed by atoms with Crippen LogP contribution in [-0.2, 0) is 6.54 Å². The number of rotatable bonds is 7. The zero-order valence-corrected chi connectivity index (χ0v) is 15.2. The third-order valence-corrected chi connectivity index (χ3v) is 5.56. The van der Waals surface area contributed by atoms with Crippen LogP contribution in [0.4, 0.5) is 8.78 Å². The lowest BCUT2D eigenvalue weighted by molar-refractivity contribution is 0.102. The van der Waals surface area contributed by atoms with E-state index in [-0.39, 0.29) is 22.2 Å². The quantitative estimate of drug-likeness (QED) is 0.371. The van der Waals surface area contributed by atoms with Crippen LogP contribution in [0.25, 0.3) is 11.0 Å². The van der Waals surface area contributed by atoms with Crippen LogP contribution in [-0.4, -0.2) is 33.6 Å². The first-order valence-corrected chi connectivity index (χ1v) is 9.26. The Balaban J connectivity index is 1.90. The Morgan fingerprint density at radius 3 is 2.85 bits per heavy atom. The molecule has 0 atom stereocenters. The van der Waals surface area contributed by atoms with Gasteiger partial charge in [0.1, 0.15) is 10.8 Å². The van der Waals surface area contributed by atoms with Gasteiger partial charge in [0.15, 0.2) is 17.3 Å². The lowest BCUT2D eigenvalue weighted by Gasteiger charge is -2.08. The lowest BCUT2D eigenvalue weighted by Crippen LogP contribution is -2.03. The van der Waals surface area contributed by atoms with Crippen molar-refractivity contribution in [2.24, 2.45) is 5.73 Å². The molecule has 136 valence electrons. The van der Waals surface area contributed by atoms with Crippen molar-refractivity contribution in [3.8, 4) is 5.75 Å². The van der Waals surface area contributed by atoms with Crippen LogP contribution in [0.5, 0.6) is 5.75 Å². The van der Waals surface area contributed by atoms with Gasteiger partial charge >= 0.3 is 0 Å². The van der Waals surface area contributed by atoms with Gasteiger partial charge in [0.05, 0.1) is 29.3 Å². The topological polar surface area (TPSA) is 91.0 Å². The van der Waals surface area contributed by atoms with Crippen LogP contribution in [0, 0.1) is 0 Å². The van der Waals surface area contributed by atoms with Gasteiger partial charge in [0, 0.05) is 11.4 Å². The SMILES string of the molecule is COc1cnc2nc(C(F)F)nc(SCC(=O)c3ccc(CN)s3)c2c1. The van der Waals surface area contributed by atoms with Crippen molar-refractivity contribution in [2.75, 3.05) is 12.9 Å². The van der Waals surface area contributed by atoms with E-state index in [0.29, 0.717) is 22.6 Å². The molecule has 3 aromatic heterocycles. The minimum atomic E-state index is -2.83. The van der Waals surface area contributed by atoms with E-state index in [1.54, 1.807) is 18.2 Å². The molecule has 0 amide bonds. The molecular formula is C16H14F2N4O2S2. The first kappa shape index (κ1) is 18.6. The maximum atomic E-state index is 13.1. The van der Waals surface area contributed by atoms with Crippen LogP contribution >= 0.6 is 23.1 Å². The Morgan fingerprint density at radius 1 is 1.38 bits per heavy atom. The van der Waals surface area contributed by atoms with Crippen molar-refractivity contribution in [1.82, 2.24) is 15.0 Å². The number of ether oxygens (including phenoxy) is 1. The molecule has 3 heterocycles. The highest BCUT2D eigenvalue weighted by Gasteiger charge is 2.18. The van der Waals surface area contributed by atoms with E-state index in [4.69, 9.17) is 10.5 Å². The number of pyridine rings is 1. The van der Waals surface area contributed by atoms with Gasteiger partial charge in [-0.3, -0.25) is 4.79 Å². The summed E-state index contributed by atoms with van der Waals surface area (Å²) in [5, 5.41) is 0.723. The molecule has 3 aromatic rings. The summed E-state index contributed by atoms with van der Waals surface area (Å²) < 4.78 is 31.2. The number of hydrogen-bond acceptors (Lipinski definition) is 8. The number of hydrogen-bond donors (Lipinski definition) is 1. The molecular weight excluding hydrogens is 382 g/mol. The van der Waals surface area contributed by atoms with Gasteiger partial charge in [-0.05, 0) is 18.2 Å². The molecule has 0 aliphatic rings. The second kappa shape index (κ2) is 8.02. The average Bonchev–Trinajstić information content (AvgIpc) is 3.14. The highest BCUT2D eigenvalue weighted by atomic mass is 32.2. The second-order valence-electron chi connectivity index (χ2n) is 5.12. The van der Waals surface area contributed by atoms with Gasteiger partial charge in [-0.25, -0.2) is 23.7 Å². The molecule has 0 radical (unpaired) electrons. The smallest absolute Gasteiger partial charge is 0.297 e. The molecule has 3 rings (SSSR count). The van der Waals surface area contributed by atoms with E-state index in [0.717, 1.165) is 16.6 Å². The fourth-order valence-corrected chi connectivity index (χ4v) is 3.95. The Labute approximate surface area is 155 Å². The number of thiophene rings is 1. The first-order chi connectivity index (χ1) is 12.5. The van der Waals surface area contributed by atoms with Crippen LogP contribution in [0.1, 0.15) is 26.8 Å². The number of carbonyl (C=O) groups is 1. The standard InChI is InChI=1S/C16H14F2N4O2S2/c1-24-8-4-10-14(20-6-8)21-15(13(17)18)22-16(10)25-7-11(23)12-3-2-9(5-19)26-12/h2-4,6,13H,5,7,19H2,1H3. The first-order valence-electron chi connectivity index (χ1n) is 7.46. The minimum Gasteiger partial charge on any atom is -0.495 e. The van der Waals surface area contributed by atoms with Gasteiger partial charge in [-0.15, -0.1) is 11.3 Å². The van der Waals surface area contributed by atoms with E-state index in [1.807, 2.05) is 0 Å². The van der Waals surface area contributed by atoms with E-state index in [1.165, 1.54) is 24.6 Å². The predicted octanol–water partition coefficient (Wildman–Crippen LogP) is 3.47. The number of ketones is 1. The number of halogens is 2. The van der Waals surface area contributed by atoms with Crippen molar-refractivity contribution >= 4 is 39.9 Å². The summed E-state index contributed by atoms with van der Waals surface area (Å²) in [6.45, 7) is 0.366. The second-order valence-corrected chi connectivity index (χ2v) is 7.25. The van der Waals surface area contributed by atoms with Gasteiger partial charge in [0.2, 0.25) is 0 Å². The molecule has 0 spiro atoms. The monoisotopic (exact) mass is 396 g/mol. The largest absolute Gasteiger partial charge is 0.495 e. The molecule has 26 heavy (non-hydrogen) atoms. The summed E-state index contributed by atoms with van der Waals surface area (Å²) in [5.74, 6) is -0.242. The Bertz CT molecular complexity index is 949. The van der Waals surface area contributed by atoms with Gasteiger partial charge in [-0.1, -0.05) is 11.8 Å². The molecule has 10 heteroatoms. The normalized spacial score (nSPS) is 11.3. The highest BCUT2D eigenvalue weighted by Crippen LogP contribution is 2.30. The van der Waals surface area contributed by atoms with Crippen LogP contribution < -0.4 is 10.5 Å². The fourth-order valence-electron chi connectivity index (χ4n) is 2.14. The van der Waals surface area contributed by atoms with Crippen molar-refractivity contribution in [3.05, 3.63) is 40.0 Å². The summed E-state index contributed by atoms with van der Waals surface area (Å²) in [6, 6.07) is 5.12. The molecule has 6 nitrogen and oxygen atoms in total. The number of nitrogens with two attached hydrogens (primary N) is 1. The Morgan fingerprint density at radius 2 is 2.19 bits per heavy atom. The van der Waals surface area contributed by atoms with Gasteiger partial charge in [-0.2, -0.15) is 0 Å². The molecule has 0 aliphatic heterocycles. The summed E-state index contributed by atoms with van der Waals surface area (Å²) in [7, 11) is 1.47. The molecule has 0 unspecified atom stereocenters. The third-order valence-electron chi connectivity index (χ3n) is 3.42. The van der Waals surface area contributed by atoms with Crippen molar-refractivity contribution < 1.29 is 18.3 Å². The van der Waals surface area contributed by atoms with Crippen LogP contribution in [0.15, 0.2) is 29.4 Å². The van der Waals surface area contributed by atoms with Gasteiger partial charge in [0.25, 0.3) is 6.43 Å². The number of methoxy groups -OCH3 is 1. The molecule has 0 aliphatic carbocycles. The molecule has 0 saturated carbocycles. The zero-order chi connectivity index (χ0) is 18.7. The summed E-state index contributed by atoms with van der Waals surface area (Å²) in [4.78, 5) is 25.5. The van der Waals surface area contributed by atoms with E-state index < -0.39 is 12.2 Å². The summed E-state index contributed by atoms with van der Waals surface area (Å²) >= 11 is 2.39. The van der Waals surface area contributed by atoms with Crippen molar-refractivity contribution in [3.63, 3.8) is 0 Å². The number of alkyl halides is 2. The third kappa shape index (κ3) is 3.97. The van der Waals surface area contributed by atoms with E-state index in [2.05, 4.69) is 15.0 Å². The highest BCUT2D eigenvalue weighted by molar-refractivity contribution is 8.00. The summed E-state index contributed by atoms with van der Waals surface area (Å²) in [5.41, 5.74) is 5.68. The van der Waals surface area contributed by atoms with E-state index >= 15 is 0 Å². The molecule has 0 bridgehead atoms. The average molecular weight is 396 g/mol. The Kier molecular flexibility index (Phi) is 5.74. The number of fused-ring (bicyclic) bond motifs is 1. The zero-order valence-electron chi connectivity index (χ0n) is 13.6. The summed E-state index contributed by atoms with van der Waals surface area (Å²) in [6.07, 6.45) is -1.44. The fraction of sp³-hybridized carbons (Fsp3) is 0.250. The number of carbonyl (C=O) groups excluding carboxylic acids is 1. The minimum absolute atomic E-state index is 0.0521. The number of thioether (sulfide) groups is 1. The molecule has 0 fully saturated rings. The number of Topliss-reactive ketones (excluding diaryl/α,β-unsaturated/α-hetero) is 1. The Hall–Kier alpha value is -2.17. The molecule has 0 saturated heterocycles. The number of nitrogens with zero attached hydrogens (tertiary/aromatic N) is 3. The van der Waals surface area contributed by atoms with Crippen molar-refractivity contribution in [1.29, 1.82) is 0 Å². The van der Waals surface area contributed by atoms with Crippen molar-refractivity contribution in [2.45, 2.75) is 18.0 Å². The maximum Gasteiger partial charge on any atom is 0.297 e. The lowest BCUT2D eigenvalue weighted by atomic mass is 10.3. The van der Waals surface area contributed by atoms with Gasteiger partial charge < -0.3 is 10.5 Å². The predicted molar refractivity (Wildman–Crippen MR) is 96.1 cm³/mol. The molecule has 0 aromatic carbocycles. The van der Waals surface area contributed by atoms with Crippen LogP contribution in [0.3, 0.4) is 0 Å². The van der Waals surface area contributed by atoms with Crippen LogP contribution in [0.2, 0.25) is 0 Å². The maximum absolute atomic E-state index is 13.1. The van der Waals surface area contributed by atoms with E-state index in [9.17, 15) is 13.6 Å². The number of aromatic nitrogens is 3.